The maximum absolute atomic E-state index is 5.95. The summed E-state index contributed by atoms with van der Waals surface area (Å²) in [7, 11) is 3.46. The molecule has 2 aromatic rings. The van der Waals surface area contributed by atoms with Gasteiger partial charge < -0.3 is 24.8 Å². The number of ether oxygens (including phenoxy) is 3. The first-order valence-electron chi connectivity index (χ1n) is 9.24. The smallest absolute Gasteiger partial charge is 0.191 e. The highest BCUT2D eigenvalue weighted by Gasteiger charge is 2.20. The Kier molecular flexibility index (Phi) is 9.19. The predicted octanol–water partition coefficient (Wildman–Crippen LogP) is 3.25. The molecule has 0 aromatic heterocycles. The first-order valence-corrected chi connectivity index (χ1v) is 9.24. The average Bonchev–Trinajstić information content (AvgIpc) is 2.73. The van der Waals surface area contributed by atoms with Crippen molar-refractivity contribution in [2.24, 2.45) is 4.99 Å². The number of methoxy groups -OCH3 is 1. The molecule has 0 radical (unpaired) electrons. The van der Waals surface area contributed by atoms with Crippen molar-refractivity contribution >= 4 is 29.9 Å². The molecule has 2 N–H and O–H groups in total. The second-order valence-electron chi connectivity index (χ2n) is 6.33. The van der Waals surface area contributed by atoms with Crippen molar-refractivity contribution in [2.75, 3.05) is 33.9 Å². The zero-order chi connectivity index (χ0) is 18.9. The number of aryl methyl sites for hydroxylation is 1. The van der Waals surface area contributed by atoms with Crippen molar-refractivity contribution in [1.29, 1.82) is 0 Å². The van der Waals surface area contributed by atoms with Gasteiger partial charge in [-0.2, -0.15) is 0 Å². The monoisotopic (exact) mass is 497 g/mol. The Hall–Kier alpha value is -2.16. The Labute approximate surface area is 183 Å². The van der Waals surface area contributed by atoms with E-state index in [4.69, 9.17) is 14.2 Å². The second-order valence-corrected chi connectivity index (χ2v) is 6.33. The summed E-state index contributed by atoms with van der Waals surface area (Å²) in [6, 6.07) is 15.9. The van der Waals surface area contributed by atoms with Crippen LogP contribution in [-0.4, -0.2) is 45.9 Å². The summed E-state index contributed by atoms with van der Waals surface area (Å²) in [5.74, 6) is 3.25. The van der Waals surface area contributed by atoms with Gasteiger partial charge in [0.1, 0.15) is 18.5 Å². The molecule has 1 atom stereocenters. The maximum atomic E-state index is 5.95. The lowest BCUT2D eigenvalue weighted by Gasteiger charge is -2.27. The van der Waals surface area contributed by atoms with Gasteiger partial charge in [0.05, 0.1) is 13.7 Å². The van der Waals surface area contributed by atoms with Crippen LogP contribution in [0.5, 0.6) is 17.2 Å². The first-order chi connectivity index (χ1) is 13.3. The third kappa shape index (κ3) is 6.47. The van der Waals surface area contributed by atoms with E-state index in [1.54, 1.807) is 14.2 Å². The van der Waals surface area contributed by atoms with Gasteiger partial charge in [-0.15, -0.1) is 24.0 Å². The molecule has 0 fully saturated rings. The van der Waals surface area contributed by atoms with Gasteiger partial charge in [0.25, 0.3) is 0 Å². The number of fused-ring (bicyclic) bond motifs is 1. The summed E-state index contributed by atoms with van der Waals surface area (Å²) in [6.45, 7) is 1.99. The molecule has 3 rings (SSSR count). The third-order valence-corrected chi connectivity index (χ3v) is 4.36. The van der Waals surface area contributed by atoms with E-state index in [1.165, 1.54) is 5.56 Å². The second kappa shape index (κ2) is 11.6. The van der Waals surface area contributed by atoms with Gasteiger partial charge in [0, 0.05) is 13.6 Å². The van der Waals surface area contributed by atoms with E-state index in [1.807, 2.05) is 36.4 Å². The number of nitrogens with zero attached hydrogens (tertiary/aromatic N) is 1. The fourth-order valence-corrected chi connectivity index (χ4v) is 2.92. The van der Waals surface area contributed by atoms with Crippen LogP contribution in [0, 0.1) is 0 Å². The van der Waals surface area contributed by atoms with Crippen LogP contribution in [0.4, 0.5) is 0 Å². The molecule has 6 nitrogen and oxygen atoms in total. The molecule has 0 bridgehead atoms. The largest absolute Gasteiger partial charge is 0.497 e. The van der Waals surface area contributed by atoms with Crippen LogP contribution < -0.4 is 24.8 Å². The van der Waals surface area contributed by atoms with E-state index < -0.39 is 0 Å². The Morgan fingerprint density at radius 1 is 1.14 bits per heavy atom. The SMILES string of the molecule is CN=C(NCCCc1cccc(OC)c1)NCC1COc2ccccc2O1.I. The standard InChI is InChI=1S/C21H27N3O3.HI/c1-22-21(23-12-6-8-16-7-5-9-17(13-16)25-2)24-14-18-15-26-19-10-3-4-11-20(19)27-18;/h3-5,7,9-11,13,18H,6,8,12,14-15H2,1-2H3,(H2,22,23,24);1H. The van der Waals surface area contributed by atoms with E-state index in [0.717, 1.165) is 42.6 Å². The molecule has 0 spiro atoms. The maximum Gasteiger partial charge on any atom is 0.191 e. The normalized spacial score (nSPS) is 15.4. The average molecular weight is 497 g/mol. The van der Waals surface area contributed by atoms with Crippen LogP contribution in [0.1, 0.15) is 12.0 Å². The molecule has 1 aliphatic rings. The van der Waals surface area contributed by atoms with Crippen LogP contribution in [-0.2, 0) is 6.42 Å². The molecular weight excluding hydrogens is 469 g/mol. The Morgan fingerprint density at radius 3 is 2.75 bits per heavy atom. The minimum absolute atomic E-state index is 0. The topological polar surface area (TPSA) is 64.1 Å². The van der Waals surface area contributed by atoms with Gasteiger partial charge >= 0.3 is 0 Å². The van der Waals surface area contributed by atoms with Crippen LogP contribution in [0.25, 0.3) is 0 Å². The molecule has 0 amide bonds. The minimum Gasteiger partial charge on any atom is -0.497 e. The number of guanidine groups is 1. The van der Waals surface area contributed by atoms with Crippen molar-refractivity contribution in [3.8, 4) is 17.2 Å². The zero-order valence-corrected chi connectivity index (χ0v) is 18.6. The lowest BCUT2D eigenvalue weighted by atomic mass is 10.1. The van der Waals surface area contributed by atoms with Gasteiger partial charge in [-0.1, -0.05) is 24.3 Å². The molecule has 0 saturated carbocycles. The first kappa shape index (κ1) is 22.1. The molecule has 28 heavy (non-hydrogen) atoms. The lowest BCUT2D eigenvalue weighted by Crippen LogP contribution is -2.45. The number of nitrogens with one attached hydrogen (secondary N) is 2. The van der Waals surface area contributed by atoms with Crippen molar-refractivity contribution in [1.82, 2.24) is 10.6 Å². The Balaban J connectivity index is 0.00000280. The summed E-state index contributed by atoms with van der Waals surface area (Å²) in [5, 5.41) is 6.64. The number of hydrogen-bond acceptors (Lipinski definition) is 4. The van der Waals surface area contributed by atoms with Crippen molar-refractivity contribution in [2.45, 2.75) is 18.9 Å². The van der Waals surface area contributed by atoms with Crippen LogP contribution >= 0.6 is 24.0 Å². The highest BCUT2D eigenvalue weighted by atomic mass is 127. The van der Waals surface area contributed by atoms with Crippen LogP contribution in [0.3, 0.4) is 0 Å². The predicted molar refractivity (Wildman–Crippen MR) is 122 cm³/mol. The summed E-state index contributed by atoms with van der Waals surface area (Å²) >= 11 is 0. The summed E-state index contributed by atoms with van der Waals surface area (Å²) in [6.07, 6.45) is 1.94. The molecule has 1 aliphatic heterocycles. The van der Waals surface area contributed by atoms with Gasteiger partial charge in [-0.25, -0.2) is 0 Å². The van der Waals surface area contributed by atoms with Gasteiger partial charge in [0.2, 0.25) is 0 Å². The zero-order valence-electron chi connectivity index (χ0n) is 16.3. The molecular formula is C21H28IN3O3. The highest BCUT2D eigenvalue weighted by molar-refractivity contribution is 14.0. The number of aliphatic imine (C=N–C) groups is 1. The number of benzene rings is 2. The minimum atomic E-state index is -0.0461. The van der Waals surface area contributed by atoms with E-state index in [9.17, 15) is 0 Å². The lowest BCUT2D eigenvalue weighted by molar-refractivity contribution is 0.0936. The van der Waals surface area contributed by atoms with Gasteiger partial charge in [-0.3, -0.25) is 4.99 Å². The molecule has 152 valence electrons. The molecule has 1 unspecified atom stereocenters. The fraction of sp³-hybridized carbons (Fsp3) is 0.381. The van der Waals surface area contributed by atoms with Crippen molar-refractivity contribution in [3.05, 3.63) is 54.1 Å². The number of para-hydroxylation sites is 2. The number of hydrogen-bond donors (Lipinski definition) is 2. The third-order valence-electron chi connectivity index (χ3n) is 4.36. The van der Waals surface area contributed by atoms with Gasteiger partial charge in [-0.05, 0) is 42.7 Å². The molecule has 1 heterocycles. The quantitative estimate of drug-likeness (QED) is 0.266. The van der Waals surface area contributed by atoms with Gasteiger partial charge in [0.15, 0.2) is 17.5 Å². The number of halogens is 1. The molecule has 7 heteroatoms. The molecule has 0 aliphatic carbocycles. The van der Waals surface area contributed by atoms with E-state index in [0.29, 0.717) is 13.2 Å². The Bertz CT molecular complexity index is 770. The summed E-state index contributed by atoms with van der Waals surface area (Å²) in [4.78, 5) is 4.27. The van der Waals surface area contributed by atoms with Crippen molar-refractivity contribution in [3.63, 3.8) is 0 Å². The molecule has 0 saturated heterocycles. The van der Waals surface area contributed by atoms with Crippen LogP contribution in [0.2, 0.25) is 0 Å². The van der Waals surface area contributed by atoms with Crippen molar-refractivity contribution < 1.29 is 14.2 Å². The molecule has 2 aromatic carbocycles. The van der Waals surface area contributed by atoms with E-state index >= 15 is 0 Å². The summed E-state index contributed by atoms with van der Waals surface area (Å²) in [5.41, 5.74) is 1.27. The Morgan fingerprint density at radius 2 is 1.96 bits per heavy atom. The van der Waals surface area contributed by atoms with E-state index in [2.05, 4.69) is 27.8 Å². The highest BCUT2D eigenvalue weighted by Crippen LogP contribution is 2.30. The van der Waals surface area contributed by atoms with E-state index in [-0.39, 0.29) is 30.1 Å². The number of rotatable bonds is 7. The summed E-state index contributed by atoms with van der Waals surface area (Å²) < 4.78 is 16.9. The van der Waals surface area contributed by atoms with Crippen LogP contribution in [0.15, 0.2) is 53.5 Å². The fourth-order valence-electron chi connectivity index (χ4n) is 2.92.